The molecule has 1 saturated carbocycles. The molecule has 3 nitrogen and oxygen atoms in total. The van der Waals surface area contributed by atoms with Crippen LogP contribution in [0.3, 0.4) is 0 Å². The maximum absolute atomic E-state index is 12.6. The van der Waals surface area contributed by atoms with E-state index in [1.165, 1.54) is 11.1 Å². The first-order valence-corrected chi connectivity index (χ1v) is 7.70. The summed E-state index contributed by atoms with van der Waals surface area (Å²) in [7, 11) is 0. The standard InChI is InChI=1S/C17H26N2O/c1-3-19(12-15-7-5-4-6-13(15)2)17(20)14-8-10-16(18)11-9-14/h4-7,14,16H,3,8-12,18H2,1-2H3. The molecule has 0 atom stereocenters. The lowest BCUT2D eigenvalue weighted by Crippen LogP contribution is -2.39. The summed E-state index contributed by atoms with van der Waals surface area (Å²) >= 11 is 0. The highest BCUT2D eigenvalue weighted by Crippen LogP contribution is 2.25. The van der Waals surface area contributed by atoms with E-state index in [1.54, 1.807) is 0 Å². The van der Waals surface area contributed by atoms with Gasteiger partial charge in [0.1, 0.15) is 0 Å². The van der Waals surface area contributed by atoms with Crippen LogP contribution in [0.1, 0.15) is 43.7 Å². The lowest BCUT2D eigenvalue weighted by molar-refractivity contribution is -0.137. The topological polar surface area (TPSA) is 46.3 Å². The highest BCUT2D eigenvalue weighted by atomic mass is 16.2. The molecular formula is C17H26N2O. The number of hydrogen-bond donors (Lipinski definition) is 1. The second-order valence-corrected chi connectivity index (χ2v) is 5.89. The first kappa shape index (κ1) is 15.0. The van der Waals surface area contributed by atoms with Crippen LogP contribution in [0.2, 0.25) is 0 Å². The van der Waals surface area contributed by atoms with Gasteiger partial charge in [0.05, 0.1) is 0 Å². The first-order valence-electron chi connectivity index (χ1n) is 7.70. The van der Waals surface area contributed by atoms with Gasteiger partial charge in [-0.1, -0.05) is 24.3 Å². The monoisotopic (exact) mass is 274 g/mol. The molecule has 1 amide bonds. The molecule has 1 aromatic carbocycles. The molecule has 110 valence electrons. The van der Waals surface area contributed by atoms with Crippen molar-refractivity contribution in [2.24, 2.45) is 11.7 Å². The fourth-order valence-corrected chi connectivity index (χ4v) is 2.96. The Morgan fingerprint density at radius 1 is 1.25 bits per heavy atom. The van der Waals surface area contributed by atoms with Gasteiger partial charge >= 0.3 is 0 Å². The van der Waals surface area contributed by atoms with Crippen molar-refractivity contribution in [2.45, 2.75) is 52.1 Å². The minimum Gasteiger partial charge on any atom is -0.338 e. The van der Waals surface area contributed by atoms with Crippen LogP contribution in [0, 0.1) is 12.8 Å². The molecule has 1 fully saturated rings. The van der Waals surface area contributed by atoms with Gasteiger partial charge in [-0.05, 0) is 50.7 Å². The number of rotatable bonds is 4. The van der Waals surface area contributed by atoms with Crippen molar-refractivity contribution in [2.75, 3.05) is 6.54 Å². The van der Waals surface area contributed by atoms with Crippen molar-refractivity contribution < 1.29 is 4.79 Å². The number of nitrogens with zero attached hydrogens (tertiary/aromatic N) is 1. The molecule has 0 heterocycles. The molecule has 1 aromatic rings. The Balaban J connectivity index is 2.01. The zero-order chi connectivity index (χ0) is 14.5. The second kappa shape index (κ2) is 6.89. The van der Waals surface area contributed by atoms with Gasteiger partial charge in [-0.15, -0.1) is 0 Å². The van der Waals surface area contributed by atoms with Gasteiger partial charge in [-0.2, -0.15) is 0 Å². The van der Waals surface area contributed by atoms with Crippen molar-refractivity contribution in [3.8, 4) is 0 Å². The average molecular weight is 274 g/mol. The van der Waals surface area contributed by atoms with E-state index < -0.39 is 0 Å². The molecule has 0 unspecified atom stereocenters. The Bertz CT molecular complexity index is 450. The Labute approximate surface area is 122 Å². The molecule has 0 aliphatic heterocycles. The minimum atomic E-state index is 0.179. The molecule has 0 aromatic heterocycles. The fourth-order valence-electron chi connectivity index (χ4n) is 2.96. The lowest BCUT2D eigenvalue weighted by Gasteiger charge is -2.30. The van der Waals surface area contributed by atoms with Crippen LogP contribution in [0.5, 0.6) is 0 Å². The normalized spacial score (nSPS) is 22.6. The van der Waals surface area contributed by atoms with Crippen LogP contribution in [0.4, 0.5) is 0 Å². The van der Waals surface area contributed by atoms with Crippen molar-refractivity contribution in [1.82, 2.24) is 4.90 Å². The van der Waals surface area contributed by atoms with Gasteiger partial charge in [-0.3, -0.25) is 4.79 Å². The third-order valence-electron chi connectivity index (χ3n) is 4.44. The van der Waals surface area contributed by atoms with Crippen LogP contribution in [0.25, 0.3) is 0 Å². The van der Waals surface area contributed by atoms with E-state index in [-0.39, 0.29) is 5.92 Å². The van der Waals surface area contributed by atoms with Crippen molar-refractivity contribution in [1.29, 1.82) is 0 Å². The van der Waals surface area contributed by atoms with E-state index in [9.17, 15) is 4.79 Å². The number of carbonyl (C=O) groups is 1. The maximum Gasteiger partial charge on any atom is 0.225 e. The number of hydrogen-bond acceptors (Lipinski definition) is 2. The molecule has 1 aliphatic carbocycles. The van der Waals surface area contributed by atoms with Crippen molar-refractivity contribution in [3.05, 3.63) is 35.4 Å². The Hall–Kier alpha value is -1.35. The van der Waals surface area contributed by atoms with Gasteiger partial charge in [0, 0.05) is 25.0 Å². The predicted molar refractivity (Wildman–Crippen MR) is 82.2 cm³/mol. The highest BCUT2D eigenvalue weighted by molar-refractivity contribution is 5.79. The smallest absolute Gasteiger partial charge is 0.225 e. The van der Waals surface area contributed by atoms with E-state index in [2.05, 4.69) is 26.0 Å². The summed E-state index contributed by atoms with van der Waals surface area (Å²) in [5.74, 6) is 0.487. The van der Waals surface area contributed by atoms with Gasteiger partial charge < -0.3 is 10.6 Å². The van der Waals surface area contributed by atoms with Crippen molar-refractivity contribution >= 4 is 5.91 Å². The van der Waals surface area contributed by atoms with E-state index in [0.29, 0.717) is 11.9 Å². The fraction of sp³-hybridized carbons (Fsp3) is 0.588. The molecule has 1 aliphatic rings. The number of aryl methyl sites for hydroxylation is 1. The summed E-state index contributed by atoms with van der Waals surface area (Å²) < 4.78 is 0. The lowest BCUT2D eigenvalue weighted by atomic mass is 9.85. The highest BCUT2D eigenvalue weighted by Gasteiger charge is 2.27. The van der Waals surface area contributed by atoms with Gasteiger partial charge in [-0.25, -0.2) is 0 Å². The summed E-state index contributed by atoms with van der Waals surface area (Å²) in [6, 6.07) is 8.60. The van der Waals surface area contributed by atoms with Crippen molar-refractivity contribution in [3.63, 3.8) is 0 Å². The summed E-state index contributed by atoms with van der Waals surface area (Å²) in [4.78, 5) is 14.6. The van der Waals surface area contributed by atoms with Crippen LogP contribution in [-0.4, -0.2) is 23.4 Å². The Morgan fingerprint density at radius 3 is 2.50 bits per heavy atom. The first-order chi connectivity index (χ1) is 9.61. The predicted octanol–water partition coefficient (Wildman–Crippen LogP) is 2.86. The second-order valence-electron chi connectivity index (χ2n) is 5.89. The Morgan fingerprint density at radius 2 is 1.90 bits per heavy atom. The zero-order valence-corrected chi connectivity index (χ0v) is 12.6. The maximum atomic E-state index is 12.6. The van der Waals surface area contributed by atoms with Crippen LogP contribution < -0.4 is 5.73 Å². The minimum absolute atomic E-state index is 0.179. The summed E-state index contributed by atoms with van der Waals surface area (Å²) in [5.41, 5.74) is 8.42. The molecule has 0 bridgehead atoms. The van der Waals surface area contributed by atoms with E-state index in [4.69, 9.17) is 5.73 Å². The quantitative estimate of drug-likeness (QED) is 0.917. The molecule has 2 N–H and O–H groups in total. The average Bonchev–Trinajstić information content (AvgIpc) is 2.46. The zero-order valence-electron chi connectivity index (χ0n) is 12.6. The van der Waals surface area contributed by atoms with Gasteiger partial charge in [0.2, 0.25) is 5.91 Å². The molecule has 3 heteroatoms. The third kappa shape index (κ3) is 3.60. The summed E-state index contributed by atoms with van der Waals surface area (Å²) in [5, 5.41) is 0. The van der Waals surface area contributed by atoms with E-state index >= 15 is 0 Å². The summed E-state index contributed by atoms with van der Waals surface area (Å²) in [6.07, 6.45) is 3.87. The number of carbonyl (C=O) groups excluding carboxylic acids is 1. The van der Waals surface area contributed by atoms with E-state index in [1.807, 2.05) is 17.0 Å². The van der Waals surface area contributed by atoms with E-state index in [0.717, 1.165) is 38.8 Å². The van der Waals surface area contributed by atoms with Crippen LogP contribution in [-0.2, 0) is 11.3 Å². The molecule has 2 rings (SSSR count). The Kier molecular flexibility index (Phi) is 5.18. The molecule has 0 spiro atoms. The number of benzene rings is 1. The SMILES string of the molecule is CCN(Cc1ccccc1C)C(=O)C1CCC(N)CC1. The molecular weight excluding hydrogens is 248 g/mol. The third-order valence-corrected chi connectivity index (χ3v) is 4.44. The molecule has 0 saturated heterocycles. The summed E-state index contributed by atoms with van der Waals surface area (Å²) in [6.45, 7) is 5.66. The largest absolute Gasteiger partial charge is 0.338 e. The van der Waals surface area contributed by atoms with Crippen LogP contribution in [0.15, 0.2) is 24.3 Å². The van der Waals surface area contributed by atoms with Gasteiger partial charge in [0.15, 0.2) is 0 Å². The molecule has 20 heavy (non-hydrogen) atoms. The molecule has 0 radical (unpaired) electrons. The number of nitrogens with two attached hydrogens (primary N) is 1. The van der Waals surface area contributed by atoms with Gasteiger partial charge in [0.25, 0.3) is 0 Å². The number of amides is 1. The van der Waals surface area contributed by atoms with Crippen LogP contribution >= 0.6 is 0 Å².